The van der Waals surface area contributed by atoms with Gasteiger partial charge in [0.05, 0.1) is 32.2 Å². The van der Waals surface area contributed by atoms with Crippen molar-refractivity contribution in [3.8, 4) is 11.5 Å². The Morgan fingerprint density at radius 3 is 2.66 bits per heavy atom. The lowest BCUT2D eigenvalue weighted by Crippen LogP contribution is -2.28. The smallest absolute Gasteiger partial charge is 0.307 e. The van der Waals surface area contributed by atoms with Gasteiger partial charge in [-0.25, -0.2) is 0 Å². The molecule has 3 rings (SSSR count). The van der Waals surface area contributed by atoms with Crippen molar-refractivity contribution in [2.75, 3.05) is 31.0 Å². The third kappa shape index (κ3) is 4.66. The van der Waals surface area contributed by atoms with Crippen LogP contribution in [0.15, 0.2) is 42.5 Å². The number of carbonyl (C=O) groups is 3. The van der Waals surface area contributed by atoms with Crippen molar-refractivity contribution in [3.05, 3.63) is 48.0 Å². The van der Waals surface area contributed by atoms with Crippen LogP contribution in [-0.2, 0) is 20.8 Å². The van der Waals surface area contributed by atoms with Crippen molar-refractivity contribution in [1.82, 2.24) is 0 Å². The van der Waals surface area contributed by atoms with Gasteiger partial charge in [0, 0.05) is 24.7 Å². The number of carbonyl (C=O) groups excluding carboxylic acids is 2. The molecule has 1 heterocycles. The summed E-state index contributed by atoms with van der Waals surface area (Å²) < 4.78 is 10.5. The molecule has 2 aromatic carbocycles. The molecule has 1 atom stereocenters. The molecule has 0 spiro atoms. The Balaban J connectivity index is 1.72. The number of anilines is 2. The molecule has 1 unspecified atom stereocenters. The van der Waals surface area contributed by atoms with Gasteiger partial charge in [-0.3, -0.25) is 14.4 Å². The summed E-state index contributed by atoms with van der Waals surface area (Å²) in [6, 6.07) is 11.8. The summed E-state index contributed by atoms with van der Waals surface area (Å²) in [5.41, 5.74) is 1.67. The van der Waals surface area contributed by atoms with E-state index in [1.807, 2.05) is 0 Å². The maximum atomic E-state index is 12.7. The van der Waals surface area contributed by atoms with Crippen LogP contribution >= 0.6 is 0 Å². The Bertz CT molecular complexity index is 943. The van der Waals surface area contributed by atoms with Gasteiger partial charge >= 0.3 is 5.97 Å². The average molecular weight is 398 g/mol. The summed E-state index contributed by atoms with van der Waals surface area (Å²) in [5.74, 6) is -0.849. The molecule has 29 heavy (non-hydrogen) atoms. The molecule has 2 N–H and O–H groups in total. The lowest BCUT2D eigenvalue weighted by molar-refractivity contribution is -0.136. The molecule has 0 bridgehead atoms. The lowest BCUT2D eigenvalue weighted by atomic mass is 10.1. The first-order chi connectivity index (χ1) is 13.9. The quantitative estimate of drug-likeness (QED) is 0.742. The van der Waals surface area contributed by atoms with E-state index in [9.17, 15) is 14.4 Å². The van der Waals surface area contributed by atoms with E-state index in [1.54, 1.807) is 49.6 Å². The molecular formula is C21H22N2O6. The number of amides is 2. The molecule has 0 aromatic heterocycles. The zero-order valence-electron chi connectivity index (χ0n) is 16.2. The number of hydrogen-bond donors (Lipinski definition) is 2. The zero-order chi connectivity index (χ0) is 21.0. The fourth-order valence-corrected chi connectivity index (χ4v) is 3.30. The number of ether oxygens (including phenoxy) is 2. The molecule has 2 amide bonds. The Kier molecular flexibility index (Phi) is 6.01. The first kappa shape index (κ1) is 20.2. The monoisotopic (exact) mass is 398 g/mol. The highest BCUT2D eigenvalue weighted by atomic mass is 16.5. The van der Waals surface area contributed by atoms with Gasteiger partial charge in [-0.15, -0.1) is 0 Å². The molecule has 1 fully saturated rings. The third-order valence-corrected chi connectivity index (χ3v) is 4.72. The highest BCUT2D eigenvalue weighted by Crippen LogP contribution is 2.36. The molecule has 0 aliphatic carbocycles. The Labute approximate surface area is 168 Å². The van der Waals surface area contributed by atoms with Crippen molar-refractivity contribution < 1.29 is 29.0 Å². The van der Waals surface area contributed by atoms with Crippen LogP contribution in [0.25, 0.3) is 0 Å². The van der Waals surface area contributed by atoms with Crippen molar-refractivity contribution in [2.45, 2.75) is 12.8 Å². The van der Waals surface area contributed by atoms with Gasteiger partial charge in [0.25, 0.3) is 0 Å². The first-order valence-electron chi connectivity index (χ1n) is 9.05. The van der Waals surface area contributed by atoms with Crippen molar-refractivity contribution in [2.24, 2.45) is 5.92 Å². The van der Waals surface area contributed by atoms with Crippen LogP contribution in [0.4, 0.5) is 11.4 Å². The largest absolute Gasteiger partial charge is 0.497 e. The molecule has 1 aliphatic heterocycles. The predicted molar refractivity (Wildman–Crippen MR) is 106 cm³/mol. The van der Waals surface area contributed by atoms with Gasteiger partial charge < -0.3 is 24.8 Å². The molecule has 1 saturated heterocycles. The third-order valence-electron chi connectivity index (χ3n) is 4.72. The van der Waals surface area contributed by atoms with Crippen molar-refractivity contribution in [1.29, 1.82) is 0 Å². The number of nitrogens with one attached hydrogen (secondary N) is 1. The van der Waals surface area contributed by atoms with E-state index in [4.69, 9.17) is 14.6 Å². The fourth-order valence-electron chi connectivity index (χ4n) is 3.30. The van der Waals surface area contributed by atoms with Gasteiger partial charge in [0.15, 0.2) is 0 Å². The second kappa shape index (κ2) is 8.64. The molecule has 152 valence electrons. The van der Waals surface area contributed by atoms with Gasteiger partial charge in [-0.2, -0.15) is 0 Å². The highest BCUT2D eigenvalue weighted by Gasteiger charge is 2.36. The summed E-state index contributed by atoms with van der Waals surface area (Å²) in [6.07, 6.45) is -0.0491. The maximum absolute atomic E-state index is 12.7. The standard InChI is InChI=1S/C21H22N2O6/c1-28-16-6-7-17(18(11-16)29-2)23-12-14(10-19(23)24)21(27)22-15-5-3-4-13(8-15)9-20(25)26/h3-8,11,14H,9-10,12H2,1-2H3,(H,22,27)(H,25,26). The average Bonchev–Trinajstić information content (AvgIpc) is 3.08. The van der Waals surface area contributed by atoms with Gasteiger partial charge in [-0.1, -0.05) is 12.1 Å². The Hall–Kier alpha value is -3.55. The van der Waals surface area contributed by atoms with E-state index in [2.05, 4.69) is 5.32 Å². The van der Waals surface area contributed by atoms with Crippen LogP contribution in [0.5, 0.6) is 11.5 Å². The SMILES string of the molecule is COc1ccc(N2CC(C(=O)Nc3cccc(CC(=O)O)c3)CC2=O)c(OC)c1. The van der Waals surface area contributed by atoms with Crippen molar-refractivity contribution >= 4 is 29.2 Å². The normalized spacial score (nSPS) is 15.9. The van der Waals surface area contributed by atoms with Crippen LogP contribution in [0.1, 0.15) is 12.0 Å². The molecule has 1 aliphatic rings. The van der Waals surface area contributed by atoms with Crippen molar-refractivity contribution in [3.63, 3.8) is 0 Å². The first-order valence-corrected chi connectivity index (χ1v) is 9.05. The van der Waals surface area contributed by atoms with Crippen LogP contribution < -0.4 is 19.7 Å². The molecule has 0 radical (unpaired) electrons. The predicted octanol–water partition coefficient (Wildman–Crippen LogP) is 2.32. The molecule has 8 heteroatoms. The highest BCUT2D eigenvalue weighted by molar-refractivity contribution is 6.04. The van der Waals surface area contributed by atoms with Crippen LogP contribution in [0.2, 0.25) is 0 Å². The Morgan fingerprint density at radius 1 is 1.17 bits per heavy atom. The molecular weight excluding hydrogens is 376 g/mol. The summed E-state index contributed by atoms with van der Waals surface area (Å²) >= 11 is 0. The van der Waals surface area contributed by atoms with E-state index < -0.39 is 11.9 Å². The summed E-state index contributed by atoms with van der Waals surface area (Å²) in [4.78, 5) is 37.6. The number of nitrogens with zero attached hydrogens (tertiary/aromatic N) is 1. The minimum Gasteiger partial charge on any atom is -0.497 e. The van der Waals surface area contributed by atoms with E-state index in [0.29, 0.717) is 28.4 Å². The number of carboxylic acid groups (broad SMARTS) is 1. The topological polar surface area (TPSA) is 105 Å². The second-order valence-electron chi connectivity index (χ2n) is 6.70. The van der Waals surface area contributed by atoms with Crippen LogP contribution in [-0.4, -0.2) is 43.7 Å². The summed E-state index contributed by atoms with van der Waals surface area (Å²) in [5, 5.41) is 11.7. The van der Waals surface area contributed by atoms with E-state index in [0.717, 1.165) is 0 Å². The Morgan fingerprint density at radius 2 is 1.97 bits per heavy atom. The van der Waals surface area contributed by atoms with Gasteiger partial charge in [-0.05, 0) is 29.8 Å². The minimum absolute atomic E-state index is 0.0792. The van der Waals surface area contributed by atoms with Gasteiger partial charge in [0.1, 0.15) is 11.5 Å². The van der Waals surface area contributed by atoms with E-state index >= 15 is 0 Å². The number of rotatable bonds is 7. The second-order valence-corrected chi connectivity index (χ2v) is 6.70. The number of benzene rings is 2. The minimum atomic E-state index is -0.945. The molecule has 0 saturated carbocycles. The lowest BCUT2D eigenvalue weighted by Gasteiger charge is -2.20. The van der Waals surface area contributed by atoms with Crippen LogP contribution in [0.3, 0.4) is 0 Å². The fraction of sp³-hybridized carbons (Fsp3) is 0.286. The summed E-state index contributed by atoms with van der Waals surface area (Å²) in [6.45, 7) is 0.224. The van der Waals surface area contributed by atoms with E-state index in [1.165, 1.54) is 12.0 Å². The molecule has 8 nitrogen and oxygen atoms in total. The maximum Gasteiger partial charge on any atom is 0.307 e. The van der Waals surface area contributed by atoms with Crippen LogP contribution in [0, 0.1) is 5.92 Å². The van der Waals surface area contributed by atoms with E-state index in [-0.39, 0.29) is 31.2 Å². The number of methoxy groups -OCH3 is 2. The molecule has 2 aromatic rings. The van der Waals surface area contributed by atoms with Gasteiger partial charge in [0.2, 0.25) is 11.8 Å². The number of hydrogen-bond acceptors (Lipinski definition) is 5. The zero-order valence-corrected chi connectivity index (χ0v) is 16.2. The number of aliphatic carboxylic acids is 1. The number of carboxylic acids is 1. The summed E-state index contributed by atoms with van der Waals surface area (Å²) in [7, 11) is 3.05.